The Hall–Kier alpha value is -4.54. The molecule has 0 saturated carbocycles. The van der Waals surface area contributed by atoms with Gasteiger partial charge in [-0.25, -0.2) is 9.59 Å². The van der Waals surface area contributed by atoms with E-state index >= 15 is 0 Å². The number of carbonyl (C=O) groups is 2. The molecule has 0 heterocycles. The third-order valence-electron chi connectivity index (χ3n) is 4.89. The summed E-state index contributed by atoms with van der Waals surface area (Å²) in [6, 6.07) is 15.3. The Labute approximate surface area is 209 Å². The highest BCUT2D eigenvalue weighted by atomic mass is 19.3. The molecule has 0 aliphatic rings. The highest BCUT2D eigenvalue weighted by Gasteiger charge is 2.43. The molecule has 194 valence electrons. The molecule has 0 spiro atoms. The molecule has 0 fully saturated rings. The molecule has 0 radical (unpaired) electrons. The second-order valence-corrected chi connectivity index (χ2v) is 7.66. The van der Waals surface area contributed by atoms with Gasteiger partial charge in [0.1, 0.15) is 11.5 Å². The maximum atomic E-state index is 13.0. The second kappa shape index (κ2) is 11.9. The predicted octanol–water partition coefficient (Wildman–Crippen LogP) is 5.11. The molecule has 0 bridgehead atoms. The molecule has 0 saturated heterocycles. The van der Waals surface area contributed by atoms with Crippen molar-refractivity contribution in [3.05, 3.63) is 89.5 Å². The van der Waals surface area contributed by atoms with Gasteiger partial charge >= 0.3 is 24.5 Å². The van der Waals surface area contributed by atoms with Crippen molar-refractivity contribution in [1.29, 1.82) is 0 Å². The van der Waals surface area contributed by atoms with E-state index in [0.717, 1.165) is 29.8 Å². The monoisotopic (exact) mass is 518 g/mol. The fourth-order valence-corrected chi connectivity index (χ4v) is 2.99. The van der Waals surface area contributed by atoms with Gasteiger partial charge < -0.3 is 25.7 Å². The lowest BCUT2D eigenvalue weighted by Crippen LogP contribution is -2.33. The first-order chi connectivity index (χ1) is 17.5. The fourth-order valence-electron chi connectivity index (χ4n) is 2.99. The molecule has 0 unspecified atom stereocenters. The van der Waals surface area contributed by atoms with Crippen molar-refractivity contribution in [2.24, 2.45) is 0 Å². The molecular weight excluding hydrogens is 496 g/mol. The minimum atomic E-state index is -4.65. The molecule has 0 aliphatic carbocycles. The van der Waals surface area contributed by atoms with E-state index in [9.17, 15) is 27.2 Å². The summed E-state index contributed by atoms with van der Waals surface area (Å²) < 4.78 is 64.6. The molecular formula is C26H22F4N2O5. The van der Waals surface area contributed by atoms with E-state index in [4.69, 9.17) is 20.9 Å². The average molecular weight is 518 g/mol. The maximum Gasteiger partial charge on any atom is 0.461 e. The van der Waals surface area contributed by atoms with Gasteiger partial charge in [0.15, 0.2) is 0 Å². The van der Waals surface area contributed by atoms with E-state index in [1.165, 1.54) is 24.3 Å². The van der Waals surface area contributed by atoms with Crippen LogP contribution in [-0.2, 0) is 16.0 Å². The Bertz CT molecular complexity index is 1260. The van der Waals surface area contributed by atoms with Gasteiger partial charge in [-0.2, -0.15) is 17.6 Å². The minimum Gasteiger partial charge on any atom is -0.462 e. The summed E-state index contributed by atoms with van der Waals surface area (Å²) in [5.74, 6) is -1.72. The number of nitrogens with two attached hydrogens (primary N) is 2. The maximum absolute atomic E-state index is 13.0. The van der Waals surface area contributed by atoms with Crippen LogP contribution in [0.15, 0.2) is 72.8 Å². The molecule has 0 aliphatic heterocycles. The quantitative estimate of drug-likeness (QED) is 0.126. The first kappa shape index (κ1) is 27.1. The lowest BCUT2D eigenvalue weighted by Gasteiger charge is -2.16. The number of alkyl halides is 4. The summed E-state index contributed by atoms with van der Waals surface area (Å²) in [6.45, 7) is 0.133. The molecule has 3 aromatic carbocycles. The van der Waals surface area contributed by atoms with Crippen molar-refractivity contribution in [2.75, 3.05) is 18.1 Å². The summed E-state index contributed by atoms with van der Waals surface area (Å²) in [7, 11) is 0. The smallest absolute Gasteiger partial charge is 0.461 e. The van der Waals surface area contributed by atoms with E-state index in [1.54, 1.807) is 30.3 Å². The molecule has 4 N–H and O–H groups in total. The predicted molar refractivity (Wildman–Crippen MR) is 128 cm³/mol. The Morgan fingerprint density at radius 3 is 2.19 bits per heavy atom. The molecule has 11 heteroatoms. The highest BCUT2D eigenvalue weighted by Crippen LogP contribution is 2.27. The van der Waals surface area contributed by atoms with Crippen LogP contribution in [0.25, 0.3) is 6.08 Å². The van der Waals surface area contributed by atoms with E-state index in [0.29, 0.717) is 23.4 Å². The van der Waals surface area contributed by atoms with Crippen LogP contribution < -0.4 is 20.9 Å². The fraction of sp³-hybridized carbons (Fsp3) is 0.154. The molecule has 37 heavy (non-hydrogen) atoms. The number of esters is 2. The Balaban J connectivity index is 1.48. The van der Waals surface area contributed by atoms with Gasteiger partial charge in [0.05, 0.1) is 12.2 Å². The minimum absolute atomic E-state index is 0.0137. The topological polar surface area (TPSA) is 114 Å². The third-order valence-corrected chi connectivity index (χ3v) is 4.89. The number of benzene rings is 3. The second-order valence-electron chi connectivity index (χ2n) is 7.66. The summed E-state index contributed by atoms with van der Waals surface area (Å²) in [5, 5.41) is 0. The number of halogens is 4. The van der Waals surface area contributed by atoms with Crippen molar-refractivity contribution in [1.82, 2.24) is 0 Å². The van der Waals surface area contributed by atoms with Crippen LogP contribution in [0.4, 0.5) is 28.9 Å². The van der Waals surface area contributed by atoms with Crippen LogP contribution in [0, 0.1) is 0 Å². The summed E-state index contributed by atoms with van der Waals surface area (Å²) in [5.41, 5.74) is 14.0. The third kappa shape index (κ3) is 7.99. The molecule has 0 amide bonds. The average Bonchev–Trinajstić information content (AvgIpc) is 2.85. The van der Waals surface area contributed by atoms with Crippen LogP contribution in [0.5, 0.6) is 11.5 Å². The lowest BCUT2D eigenvalue weighted by atomic mass is 10.1. The summed E-state index contributed by atoms with van der Waals surface area (Å²) >= 11 is 0. The van der Waals surface area contributed by atoms with Crippen molar-refractivity contribution < 1.29 is 41.4 Å². The van der Waals surface area contributed by atoms with Crippen LogP contribution in [0.3, 0.4) is 0 Å². The normalized spacial score (nSPS) is 11.5. The number of ether oxygens (including phenoxy) is 3. The van der Waals surface area contributed by atoms with Crippen LogP contribution in [-0.4, -0.2) is 31.1 Å². The summed E-state index contributed by atoms with van der Waals surface area (Å²) in [4.78, 5) is 24.2. The molecule has 0 atom stereocenters. The van der Waals surface area contributed by atoms with Crippen molar-refractivity contribution in [3.63, 3.8) is 0 Å². The number of carbonyl (C=O) groups excluding carboxylic acids is 2. The van der Waals surface area contributed by atoms with Gasteiger partial charge in [-0.3, -0.25) is 0 Å². The lowest BCUT2D eigenvalue weighted by molar-refractivity contribution is -0.253. The van der Waals surface area contributed by atoms with E-state index in [2.05, 4.69) is 4.74 Å². The van der Waals surface area contributed by atoms with Gasteiger partial charge in [0.25, 0.3) is 0 Å². The first-order valence-corrected chi connectivity index (χ1v) is 10.8. The SMILES string of the molecule is Nc1ccc(CCOC(=O)/C=C/c2ccc(OC(=O)c3ccc(OC(F)(F)C(F)F)cc3)cc2)c(N)c1. The molecule has 0 aromatic heterocycles. The first-order valence-electron chi connectivity index (χ1n) is 10.8. The number of nitrogen functional groups attached to an aromatic ring is 2. The van der Waals surface area contributed by atoms with Crippen LogP contribution >= 0.6 is 0 Å². The molecule has 3 aromatic rings. The Morgan fingerprint density at radius 2 is 1.57 bits per heavy atom. The number of rotatable bonds is 10. The standard InChI is InChI=1S/C26H22F4N2O5/c27-25(28)26(29,30)37-21-10-5-18(6-11-21)24(34)36-20-8-1-16(2-9-20)3-12-23(33)35-14-13-17-4-7-19(31)15-22(17)32/h1-12,15,25H,13-14,31-32H2/b12-3+. The van der Waals surface area contributed by atoms with E-state index in [-0.39, 0.29) is 17.9 Å². The van der Waals surface area contributed by atoms with Gasteiger partial charge in [-0.1, -0.05) is 18.2 Å². The van der Waals surface area contributed by atoms with Crippen molar-refractivity contribution in [2.45, 2.75) is 19.0 Å². The number of anilines is 2. The van der Waals surface area contributed by atoms with Gasteiger partial charge in [0.2, 0.25) is 0 Å². The summed E-state index contributed by atoms with van der Waals surface area (Å²) in [6.07, 6.45) is -5.46. The van der Waals surface area contributed by atoms with E-state index < -0.39 is 30.2 Å². The Morgan fingerprint density at radius 1 is 0.919 bits per heavy atom. The van der Waals surface area contributed by atoms with E-state index in [1.807, 2.05) is 0 Å². The van der Waals surface area contributed by atoms with Crippen molar-refractivity contribution >= 4 is 29.4 Å². The molecule has 3 rings (SSSR count). The highest BCUT2D eigenvalue weighted by molar-refractivity contribution is 5.91. The zero-order chi connectivity index (χ0) is 27.0. The zero-order valence-electron chi connectivity index (χ0n) is 19.2. The van der Waals surface area contributed by atoms with Gasteiger partial charge in [-0.15, -0.1) is 0 Å². The Kier molecular flexibility index (Phi) is 8.72. The molecule has 7 nitrogen and oxygen atoms in total. The van der Waals surface area contributed by atoms with Crippen molar-refractivity contribution in [3.8, 4) is 11.5 Å². The van der Waals surface area contributed by atoms with Crippen LogP contribution in [0.1, 0.15) is 21.5 Å². The largest absolute Gasteiger partial charge is 0.462 e. The zero-order valence-corrected chi connectivity index (χ0v) is 19.2. The van der Waals surface area contributed by atoms with Crippen LogP contribution in [0.2, 0.25) is 0 Å². The van der Waals surface area contributed by atoms with Gasteiger partial charge in [0, 0.05) is 23.9 Å². The van der Waals surface area contributed by atoms with Gasteiger partial charge in [-0.05, 0) is 65.7 Å². The number of hydrogen-bond donors (Lipinski definition) is 2. The number of hydrogen-bond acceptors (Lipinski definition) is 7.